The summed E-state index contributed by atoms with van der Waals surface area (Å²) in [4.78, 5) is 21.6. The fourth-order valence-corrected chi connectivity index (χ4v) is 1.94. The fourth-order valence-electron chi connectivity index (χ4n) is 1.94. The number of esters is 1. The first kappa shape index (κ1) is 15.1. The maximum atomic E-state index is 13.7. The van der Waals surface area contributed by atoms with Crippen molar-refractivity contribution in [2.75, 3.05) is 25.6 Å². The molecule has 0 aromatic heterocycles. The number of alkyl halides is 1. The third-order valence-corrected chi connectivity index (χ3v) is 3.58. The molecule has 6 nitrogen and oxygen atoms in total. The Hall–Kier alpha value is -2.25. The number of hydrogen-bond acceptors (Lipinski definition) is 5. The van der Waals surface area contributed by atoms with E-state index in [9.17, 15) is 23.7 Å². The minimum atomic E-state index is -1.04. The van der Waals surface area contributed by atoms with E-state index in [1.807, 2.05) is 0 Å². The smallest absolute Gasteiger partial charge is 0.340 e. The average molecular weight is 300 g/mol. The lowest BCUT2D eigenvalue weighted by atomic mass is 10.1. The van der Waals surface area contributed by atoms with Gasteiger partial charge in [0, 0.05) is 12.0 Å². The zero-order chi connectivity index (χ0) is 15.6. The van der Waals surface area contributed by atoms with Crippen LogP contribution in [0, 0.1) is 21.3 Å². The van der Waals surface area contributed by atoms with Crippen molar-refractivity contribution in [2.45, 2.75) is 12.8 Å². The van der Waals surface area contributed by atoms with E-state index in [0.717, 1.165) is 13.2 Å². The Kier molecular flexibility index (Phi) is 4.06. The topological polar surface area (TPSA) is 81.5 Å². The molecule has 0 amide bonds. The first-order valence-corrected chi connectivity index (χ1v) is 6.28. The van der Waals surface area contributed by atoms with Gasteiger partial charge in [-0.25, -0.2) is 9.18 Å². The summed E-state index contributed by atoms with van der Waals surface area (Å²) in [6.07, 6.45) is 1.38. The van der Waals surface area contributed by atoms with Crippen LogP contribution in [0.25, 0.3) is 0 Å². The molecule has 1 aromatic rings. The van der Waals surface area contributed by atoms with Crippen LogP contribution in [0.2, 0.25) is 0 Å². The number of nitro groups is 1. The van der Waals surface area contributed by atoms with Crippen LogP contribution in [0.3, 0.4) is 0 Å². The number of nitrogens with one attached hydrogen (secondary N) is 1. The number of nitro benzene ring substituents is 1. The minimum absolute atomic E-state index is 0.0264. The summed E-state index contributed by atoms with van der Waals surface area (Å²) in [5.41, 5.74) is -1.44. The SMILES string of the molecule is COC(=O)c1cc(NCC2(CF)CC2)c([N+](=O)[O-])cc1F. The fraction of sp³-hybridized carbons (Fsp3) is 0.462. The van der Waals surface area contributed by atoms with Gasteiger partial charge in [0.1, 0.15) is 11.5 Å². The van der Waals surface area contributed by atoms with Gasteiger partial charge in [0.05, 0.1) is 30.3 Å². The second-order valence-electron chi connectivity index (χ2n) is 5.09. The van der Waals surface area contributed by atoms with Crippen molar-refractivity contribution >= 4 is 17.3 Å². The van der Waals surface area contributed by atoms with E-state index in [0.29, 0.717) is 18.9 Å². The summed E-state index contributed by atoms with van der Waals surface area (Å²) in [5.74, 6) is -1.97. The van der Waals surface area contributed by atoms with Crippen LogP contribution in [-0.4, -0.2) is 31.2 Å². The van der Waals surface area contributed by atoms with Crippen molar-refractivity contribution in [1.29, 1.82) is 0 Å². The number of benzene rings is 1. The summed E-state index contributed by atoms with van der Waals surface area (Å²) in [5, 5.41) is 13.7. The summed E-state index contributed by atoms with van der Waals surface area (Å²) in [6.45, 7) is -0.338. The lowest BCUT2D eigenvalue weighted by Crippen LogP contribution is -2.18. The van der Waals surface area contributed by atoms with Gasteiger partial charge in [-0.1, -0.05) is 0 Å². The van der Waals surface area contributed by atoms with Crippen molar-refractivity contribution in [2.24, 2.45) is 5.41 Å². The second kappa shape index (κ2) is 5.63. The molecule has 0 aliphatic heterocycles. The third-order valence-electron chi connectivity index (χ3n) is 3.58. The average Bonchev–Trinajstić information content (AvgIpc) is 3.25. The lowest BCUT2D eigenvalue weighted by molar-refractivity contribution is -0.384. The molecule has 114 valence electrons. The molecule has 1 N–H and O–H groups in total. The van der Waals surface area contributed by atoms with Crippen molar-refractivity contribution in [3.05, 3.63) is 33.6 Å². The molecule has 0 saturated heterocycles. The molecule has 0 bridgehead atoms. The van der Waals surface area contributed by atoms with Crippen molar-refractivity contribution in [3.8, 4) is 0 Å². The highest BCUT2D eigenvalue weighted by molar-refractivity contribution is 5.91. The number of anilines is 1. The van der Waals surface area contributed by atoms with Crippen LogP contribution in [0.15, 0.2) is 12.1 Å². The Morgan fingerprint density at radius 2 is 2.19 bits per heavy atom. The number of methoxy groups -OCH3 is 1. The van der Waals surface area contributed by atoms with Gasteiger partial charge in [-0.3, -0.25) is 14.5 Å². The molecular formula is C13H14F2N2O4. The van der Waals surface area contributed by atoms with Crippen molar-refractivity contribution < 1.29 is 23.2 Å². The molecule has 2 rings (SSSR count). The summed E-state index contributed by atoms with van der Waals surface area (Å²) < 4.78 is 30.9. The van der Waals surface area contributed by atoms with Crippen LogP contribution in [0.1, 0.15) is 23.2 Å². The van der Waals surface area contributed by atoms with Crippen molar-refractivity contribution in [3.63, 3.8) is 0 Å². The van der Waals surface area contributed by atoms with E-state index in [1.165, 1.54) is 0 Å². The summed E-state index contributed by atoms with van der Waals surface area (Å²) in [7, 11) is 1.08. The monoisotopic (exact) mass is 300 g/mol. The highest BCUT2D eigenvalue weighted by atomic mass is 19.1. The number of halogens is 2. The molecule has 0 spiro atoms. The minimum Gasteiger partial charge on any atom is -0.465 e. The predicted octanol–water partition coefficient (Wildman–Crippen LogP) is 2.68. The Morgan fingerprint density at radius 1 is 1.52 bits per heavy atom. The van der Waals surface area contributed by atoms with E-state index in [2.05, 4.69) is 10.1 Å². The van der Waals surface area contributed by atoms with Gasteiger partial charge in [0.15, 0.2) is 0 Å². The number of hydrogen-bond donors (Lipinski definition) is 1. The molecular weight excluding hydrogens is 286 g/mol. The molecule has 0 unspecified atom stereocenters. The Morgan fingerprint density at radius 3 is 2.67 bits per heavy atom. The number of ether oxygens (including phenoxy) is 1. The number of nitrogens with zero attached hydrogens (tertiary/aromatic N) is 1. The normalized spacial score (nSPS) is 15.4. The first-order chi connectivity index (χ1) is 9.92. The molecule has 1 aliphatic rings. The quantitative estimate of drug-likeness (QED) is 0.496. The standard InChI is InChI=1S/C13H14F2N2O4/c1-21-12(18)8-4-10(11(17(19)20)5-9(8)15)16-7-13(6-14)2-3-13/h4-5,16H,2-3,6-7H2,1H3. The molecule has 0 atom stereocenters. The summed E-state index contributed by atoms with van der Waals surface area (Å²) >= 11 is 0. The van der Waals surface area contributed by atoms with E-state index in [1.54, 1.807) is 0 Å². The third kappa shape index (κ3) is 3.09. The van der Waals surface area contributed by atoms with E-state index < -0.39 is 40.1 Å². The largest absolute Gasteiger partial charge is 0.465 e. The van der Waals surface area contributed by atoms with Crippen LogP contribution in [-0.2, 0) is 4.74 Å². The van der Waals surface area contributed by atoms with Gasteiger partial charge in [0.25, 0.3) is 5.69 Å². The van der Waals surface area contributed by atoms with Crippen LogP contribution < -0.4 is 5.32 Å². The molecule has 1 aliphatic carbocycles. The van der Waals surface area contributed by atoms with E-state index in [4.69, 9.17) is 0 Å². The Labute approximate surface area is 119 Å². The van der Waals surface area contributed by atoms with Gasteiger partial charge in [-0.2, -0.15) is 0 Å². The second-order valence-corrected chi connectivity index (χ2v) is 5.09. The highest BCUT2D eigenvalue weighted by Gasteiger charge is 2.43. The lowest BCUT2D eigenvalue weighted by Gasteiger charge is -2.14. The molecule has 1 aromatic carbocycles. The molecule has 8 heteroatoms. The Bertz CT molecular complexity index is 588. The number of carbonyl (C=O) groups is 1. The molecule has 1 saturated carbocycles. The van der Waals surface area contributed by atoms with Crippen LogP contribution in [0.4, 0.5) is 20.2 Å². The molecule has 0 radical (unpaired) electrons. The predicted molar refractivity (Wildman–Crippen MR) is 70.5 cm³/mol. The number of carbonyl (C=O) groups excluding carboxylic acids is 1. The maximum absolute atomic E-state index is 13.7. The van der Waals surface area contributed by atoms with E-state index in [-0.39, 0.29) is 12.2 Å². The molecule has 0 heterocycles. The van der Waals surface area contributed by atoms with Gasteiger partial charge >= 0.3 is 5.97 Å². The first-order valence-electron chi connectivity index (χ1n) is 6.28. The number of rotatable bonds is 6. The van der Waals surface area contributed by atoms with Crippen molar-refractivity contribution in [1.82, 2.24) is 0 Å². The van der Waals surface area contributed by atoms with Gasteiger partial charge < -0.3 is 10.1 Å². The maximum Gasteiger partial charge on any atom is 0.340 e. The van der Waals surface area contributed by atoms with Gasteiger partial charge in [-0.15, -0.1) is 0 Å². The Balaban J connectivity index is 2.31. The molecule has 21 heavy (non-hydrogen) atoms. The molecule has 1 fully saturated rings. The van der Waals surface area contributed by atoms with Gasteiger partial charge in [0.2, 0.25) is 0 Å². The highest BCUT2D eigenvalue weighted by Crippen LogP contribution is 2.46. The van der Waals surface area contributed by atoms with E-state index >= 15 is 0 Å². The van der Waals surface area contributed by atoms with Crippen LogP contribution >= 0.6 is 0 Å². The summed E-state index contributed by atoms with van der Waals surface area (Å²) in [6, 6.07) is 1.68. The zero-order valence-corrected chi connectivity index (χ0v) is 11.3. The van der Waals surface area contributed by atoms with Gasteiger partial charge in [-0.05, 0) is 18.9 Å². The zero-order valence-electron chi connectivity index (χ0n) is 11.3. The van der Waals surface area contributed by atoms with Crippen LogP contribution in [0.5, 0.6) is 0 Å².